The Bertz CT molecular complexity index is 615. The third kappa shape index (κ3) is 3.00. The zero-order chi connectivity index (χ0) is 13.2. The van der Waals surface area contributed by atoms with Crippen LogP contribution in [0.5, 0.6) is 0 Å². The Balaban J connectivity index is 0.00000147. The summed E-state index contributed by atoms with van der Waals surface area (Å²) in [6.45, 7) is 2.51. The molecular formula is C14H15ClN2O2S. The van der Waals surface area contributed by atoms with Crippen molar-refractivity contribution < 1.29 is 4.92 Å². The Morgan fingerprint density at radius 1 is 1.30 bits per heavy atom. The minimum absolute atomic E-state index is 0. The molecule has 2 heterocycles. The van der Waals surface area contributed by atoms with Gasteiger partial charge in [-0.2, -0.15) is 0 Å². The molecule has 0 unspecified atom stereocenters. The average molecular weight is 311 g/mol. The average Bonchev–Trinajstić information content (AvgIpc) is 2.86. The van der Waals surface area contributed by atoms with Crippen LogP contribution in [-0.2, 0) is 19.5 Å². The summed E-state index contributed by atoms with van der Waals surface area (Å²) in [4.78, 5) is 14.4. The van der Waals surface area contributed by atoms with Crippen molar-refractivity contribution in [2.24, 2.45) is 0 Å². The van der Waals surface area contributed by atoms with Gasteiger partial charge >= 0.3 is 0 Å². The summed E-state index contributed by atoms with van der Waals surface area (Å²) in [5.74, 6) is 0. The third-order valence-corrected chi connectivity index (χ3v) is 4.49. The van der Waals surface area contributed by atoms with E-state index >= 15 is 0 Å². The van der Waals surface area contributed by atoms with Gasteiger partial charge in [0.05, 0.1) is 4.92 Å². The monoisotopic (exact) mass is 310 g/mol. The number of halogens is 1. The first-order chi connectivity index (χ1) is 9.24. The van der Waals surface area contributed by atoms with Gasteiger partial charge in [-0.1, -0.05) is 18.2 Å². The number of hydrogen-bond donors (Lipinski definition) is 0. The van der Waals surface area contributed by atoms with Crippen LogP contribution in [0.25, 0.3) is 0 Å². The van der Waals surface area contributed by atoms with E-state index in [9.17, 15) is 10.1 Å². The van der Waals surface area contributed by atoms with Crippen LogP contribution in [0.3, 0.4) is 0 Å². The van der Waals surface area contributed by atoms with Crippen LogP contribution in [0.2, 0.25) is 0 Å². The molecule has 0 radical (unpaired) electrons. The maximum absolute atomic E-state index is 11.0. The lowest BCUT2D eigenvalue weighted by Crippen LogP contribution is -2.29. The summed E-state index contributed by atoms with van der Waals surface area (Å²) in [5, 5.41) is 13.1. The van der Waals surface area contributed by atoms with Crippen molar-refractivity contribution >= 4 is 29.4 Å². The number of fused-ring (bicyclic) bond motifs is 1. The summed E-state index contributed by atoms with van der Waals surface area (Å²) in [7, 11) is 0. The molecule has 3 rings (SSSR count). The van der Waals surface area contributed by atoms with Crippen molar-refractivity contribution in [2.45, 2.75) is 19.5 Å². The van der Waals surface area contributed by atoms with Crippen molar-refractivity contribution in [1.82, 2.24) is 4.90 Å². The van der Waals surface area contributed by atoms with E-state index in [1.54, 1.807) is 23.5 Å². The predicted molar refractivity (Wildman–Crippen MR) is 82.5 cm³/mol. The van der Waals surface area contributed by atoms with E-state index in [1.807, 2.05) is 12.1 Å². The van der Waals surface area contributed by atoms with E-state index in [0.29, 0.717) is 6.54 Å². The molecule has 0 aliphatic carbocycles. The molecule has 1 aliphatic heterocycles. The quantitative estimate of drug-likeness (QED) is 0.642. The van der Waals surface area contributed by atoms with E-state index in [2.05, 4.69) is 16.3 Å². The summed E-state index contributed by atoms with van der Waals surface area (Å²) >= 11 is 1.81. The molecule has 0 spiro atoms. The summed E-state index contributed by atoms with van der Waals surface area (Å²) in [6.07, 6.45) is 1.05. The first-order valence-corrected chi connectivity index (χ1v) is 7.12. The van der Waals surface area contributed by atoms with Crippen LogP contribution in [0.15, 0.2) is 35.7 Å². The van der Waals surface area contributed by atoms with Gasteiger partial charge in [0, 0.05) is 36.1 Å². The van der Waals surface area contributed by atoms with Crippen molar-refractivity contribution in [3.05, 3.63) is 61.8 Å². The van der Waals surface area contributed by atoms with E-state index < -0.39 is 0 Å². The number of nitrogens with zero attached hydrogens (tertiary/aromatic N) is 2. The lowest BCUT2D eigenvalue weighted by atomic mass is 10.1. The van der Waals surface area contributed by atoms with Gasteiger partial charge in [-0.3, -0.25) is 15.0 Å². The smallest absolute Gasteiger partial charge is 0.273 e. The second-order valence-electron chi connectivity index (χ2n) is 4.72. The normalized spacial score (nSPS) is 14.4. The van der Waals surface area contributed by atoms with Gasteiger partial charge in [-0.05, 0) is 23.4 Å². The Morgan fingerprint density at radius 3 is 2.90 bits per heavy atom. The topological polar surface area (TPSA) is 46.4 Å². The van der Waals surface area contributed by atoms with E-state index in [0.717, 1.165) is 25.1 Å². The molecule has 0 saturated heterocycles. The minimum Gasteiger partial charge on any atom is -0.294 e. The number of para-hydroxylation sites is 1. The molecule has 0 bridgehead atoms. The first-order valence-electron chi connectivity index (χ1n) is 6.24. The highest BCUT2D eigenvalue weighted by atomic mass is 35.5. The molecule has 0 atom stereocenters. The molecule has 1 aromatic carbocycles. The largest absolute Gasteiger partial charge is 0.294 e. The highest BCUT2D eigenvalue weighted by Gasteiger charge is 2.20. The number of nitro benzene ring substituents is 1. The molecule has 0 saturated carbocycles. The van der Waals surface area contributed by atoms with Gasteiger partial charge in [0.25, 0.3) is 5.69 Å². The number of hydrogen-bond acceptors (Lipinski definition) is 4. The van der Waals surface area contributed by atoms with Crippen LogP contribution < -0.4 is 0 Å². The van der Waals surface area contributed by atoms with Gasteiger partial charge in [-0.25, -0.2) is 0 Å². The zero-order valence-corrected chi connectivity index (χ0v) is 12.5. The molecular weight excluding hydrogens is 296 g/mol. The molecule has 0 amide bonds. The lowest BCUT2D eigenvalue weighted by molar-refractivity contribution is -0.385. The van der Waals surface area contributed by atoms with E-state index in [4.69, 9.17) is 0 Å². The van der Waals surface area contributed by atoms with Crippen molar-refractivity contribution in [2.75, 3.05) is 6.54 Å². The predicted octanol–water partition coefficient (Wildman–Crippen LogP) is 3.64. The molecule has 106 valence electrons. The minimum atomic E-state index is -0.296. The summed E-state index contributed by atoms with van der Waals surface area (Å²) < 4.78 is 0. The number of benzene rings is 1. The Hall–Kier alpha value is -1.43. The zero-order valence-electron chi connectivity index (χ0n) is 10.8. The Labute approximate surface area is 127 Å². The SMILES string of the molecule is Cl.O=[N+]([O-])c1ccccc1CN1CCc2sccc2C1. The first kappa shape index (κ1) is 15.0. The molecule has 1 aromatic heterocycles. The lowest BCUT2D eigenvalue weighted by Gasteiger charge is -2.26. The highest BCUT2D eigenvalue weighted by Crippen LogP contribution is 2.26. The second-order valence-corrected chi connectivity index (χ2v) is 5.72. The third-order valence-electron chi connectivity index (χ3n) is 3.47. The Morgan fingerprint density at radius 2 is 2.10 bits per heavy atom. The van der Waals surface area contributed by atoms with Crippen molar-refractivity contribution in [3.63, 3.8) is 0 Å². The maximum atomic E-state index is 11.0. The van der Waals surface area contributed by atoms with Gasteiger partial charge in [-0.15, -0.1) is 23.7 Å². The standard InChI is InChI=1S/C14H14N2O2S.ClH/c17-16(18)13-4-2-1-3-11(13)9-15-7-5-14-12(10-15)6-8-19-14;/h1-4,6,8H,5,7,9-10H2;1H. The van der Waals surface area contributed by atoms with Crippen molar-refractivity contribution in [1.29, 1.82) is 0 Å². The molecule has 6 heteroatoms. The molecule has 4 nitrogen and oxygen atoms in total. The van der Waals surface area contributed by atoms with E-state index in [1.165, 1.54) is 10.4 Å². The van der Waals surface area contributed by atoms with E-state index in [-0.39, 0.29) is 23.0 Å². The second kappa shape index (κ2) is 6.35. The summed E-state index contributed by atoms with van der Waals surface area (Å²) in [5.41, 5.74) is 2.39. The molecule has 0 fully saturated rings. The molecule has 2 aromatic rings. The number of rotatable bonds is 3. The Kier molecular flexibility index (Phi) is 4.75. The highest BCUT2D eigenvalue weighted by molar-refractivity contribution is 7.10. The van der Waals surface area contributed by atoms with Crippen LogP contribution in [0.1, 0.15) is 16.0 Å². The van der Waals surface area contributed by atoms with Gasteiger partial charge in [0.1, 0.15) is 0 Å². The van der Waals surface area contributed by atoms with Gasteiger partial charge in [0.2, 0.25) is 0 Å². The summed E-state index contributed by atoms with van der Waals surface area (Å²) in [6, 6.07) is 9.17. The maximum Gasteiger partial charge on any atom is 0.273 e. The van der Waals surface area contributed by atoms with Crippen LogP contribution >= 0.6 is 23.7 Å². The number of nitro groups is 1. The van der Waals surface area contributed by atoms with Crippen LogP contribution in [0.4, 0.5) is 5.69 Å². The fourth-order valence-electron chi connectivity index (χ4n) is 2.51. The van der Waals surface area contributed by atoms with Crippen LogP contribution in [0, 0.1) is 10.1 Å². The van der Waals surface area contributed by atoms with Gasteiger partial charge in [0.15, 0.2) is 0 Å². The fourth-order valence-corrected chi connectivity index (χ4v) is 3.40. The van der Waals surface area contributed by atoms with Crippen LogP contribution in [-0.4, -0.2) is 16.4 Å². The molecule has 20 heavy (non-hydrogen) atoms. The van der Waals surface area contributed by atoms with Gasteiger partial charge < -0.3 is 0 Å². The van der Waals surface area contributed by atoms with Crippen molar-refractivity contribution in [3.8, 4) is 0 Å². The number of thiophene rings is 1. The molecule has 1 aliphatic rings. The molecule has 0 N–H and O–H groups in total. The fraction of sp³-hybridized carbons (Fsp3) is 0.286.